The lowest BCUT2D eigenvalue weighted by Crippen LogP contribution is -2.49. The fraction of sp³-hybridized carbons (Fsp3) is 0.393. The molecule has 5 rings (SSSR count). The number of likely N-dealkylation sites (N-methyl/N-ethyl adjacent to an activating group) is 1. The highest BCUT2D eigenvalue weighted by molar-refractivity contribution is 5.95. The van der Waals surface area contributed by atoms with Gasteiger partial charge in [0.05, 0.1) is 6.54 Å². The Kier molecular flexibility index (Phi) is 6.43. The molecule has 1 aromatic heterocycles. The third-order valence-electron chi connectivity index (χ3n) is 7.46. The molecule has 0 bridgehead atoms. The molecular weight excluding hydrogens is 442 g/mol. The minimum atomic E-state index is -0.499. The number of nitrogens with zero attached hydrogens (tertiary/aromatic N) is 3. The molecule has 1 unspecified atom stereocenters. The number of hydrogen-bond acceptors (Lipinski definition) is 5. The topological polar surface area (TPSA) is 73.7 Å². The van der Waals surface area contributed by atoms with Crippen molar-refractivity contribution in [2.24, 2.45) is 0 Å². The first-order valence-electron chi connectivity index (χ1n) is 12.2. The number of methoxy groups -OCH3 is 1. The first-order chi connectivity index (χ1) is 17.0. The maximum absolute atomic E-state index is 13.5. The highest BCUT2D eigenvalue weighted by Crippen LogP contribution is 2.43. The highest BCUT2D eigenvalue weighted by atomic mass is 16.5. The van der Waals surface area contributed by atoms with Gasteiger partial charge in [-0.2, -0.15) is 4.98 Å². The molecule has 0 radical (unpaired) electrons. The van der Waals surface area contributed by atoms with Gasteiger partial charge in [-0.1, -0.05) is 73.5 Å². The van der Waals surface area contributed by atoms with Crippen LogP contribution in [0.25, 0.3) is 0 Å². The van der Waals surface area contributed by atoms with Crippen molar-refractivity contribution in [3.63, 3.8) is 0 Å². The largest absolute Gasteiger partial charge is 0.481 e. The summed E-state index contributed by atoms with van der Waals surface area (Å²) in [4.78, 5) is 32.8. The van der Waals surface area contributed by atoms with Gasteiger partial charge in [0.1, 0.15) is 18.7 Å². The van der Waals surface area contributed by atoms with Crippen LogP contribution in [0.1, 0.15) is 53.1 Å². The molecule has 2 heterocycles. The maximum atomic E-state index is 13.5. The van der Waals surface area contributed by atoms with Crippen LogP contribution in [0.5, 0.6) is 5.75 Å². The van der Waals surface area contributed by atoms with Crippen LogP contribution < -0.4 is 10.3 Å². The molecule has 1 aliphatic heterocycles. The van der Waals surface area contributed by atoms with Crippen molar-refractivity contribution in [2.75, 3.05) is 14.2 Å². The average molecular weight is 474 g/mol. The van der Waals surface area contributed by atoms with Gasteiger partial charge in [0.25, 0.3) is 5.91 Å². The van der Waals surface area contributed by atoms with E-state index in [9.17, 15) is 9.59 Å². The zero-order valence-corrected chi connectivity index (χ0v) is 20.3. The molecular formula is C28H31N3O4. The molecule has 1 aliphatic carbocycles. The monoisotopic (exact) mass is 473 g/mol. The summed E-state index contributed by atoms with van der Waals surface area (Å²) in [6, 6.07) is 20.1. The van der Waals surface area contributed by atoms with Gasteiger partial charge in [-0.25, -0.2) is 0 Å². The van der Waals surface area contributed by atoms with Gasteiger partial charge in [0.2, 0.25) is 5.75 Å². The van der Waals surface area contributed by atoms with Crippen molar-refractivity contribution < 1.29 is 14.3 Å². The second-order valence-electron chi connectivity index (χ2n) is 9.53. The van der Waals surface area contributed by atoms with Gasteiger partial charge in [0, 0.05) is 26.0 Å². The van der Waals surface area contributed by atoms with Crippen LogP contribution in [0.2, 0.25) is 0 Å². The summed E-state index contributed by atoms with van der Waals surface area (Å²) >= 11 is 0. The number of fused-ring (bicyclic) bond motifs is 1. The van der Waals surface area contributed by atoms with E-state index >= 15 is 0 Å². The van der Waals surface area contributed by atoms with Gasteiger partial charge >= 0.3 is 5.56 Å². The zero-order chi connectivity index (χ0) is 24.4. The second-order valence-corrected chi connectivity index (χ2v) is 9.53. The molecule has 7 heteroatoms. The number of carbonyl (C=O) groups excluding carboxylic acids is 1. The van der Waals surface area contributed by atoms with Crippen LogP contribution in [0.3, 0.4) is 0 Å². The van der Waals surface area contributed by atoms with Crippen molar-refractivity contribution in [1.29, 1.82) is 0 Å². The highest BCUT2D eigenvalue weighted by Gasteiger charge is 2.40. The van der Waals surface area contributed by atoms with E-state index < -0.39 is 11.8 Å². The van der Waals surface area contributed by atoms with Crippen LogP contribution in [0.4, 0.5) is 0 Å². The summed E-state index contributed by atoms with van der Waals surface area (Å²) in [7, 11) is 3.28. The van der Waals surface area contributed by atoms with Crippen LogP contribution in [-0.4, -0.2) is 40.7 Å². The Hall–Kier alpha value is -3.45. The molecule has 182 valence electrons. The first kappa shape index (κ1) is 23.3. The molecule has 2 aromatic carbocycles. The van der Waals surface area contributed by atoms with E-state index in [0.717, 1.165) is 31.2 Å². The molecule has 0 saturated heterocycles. The van der Waals surface area contributed by atoms with E-state index in [1.165, 1.54) is 10.5 Å². The molecule has 0 N–H and O–H groups in total. The van der Waals surface area contributed by atoms with E-state index in [1.807, 2.05) is 41.0 Å². The summed E-state index contributed by atoms with van der Waals surface area (Å²) in [6.07, 6.45) is 4.45. The SMILES string of the molecule is COC1Cn2c(CC3(c4ccccc4)CCCC3)nc(=O)c(OCc3ccccc3)c2C(=O)N1C. The predicted molar refractivity (Wildman–Crippen MR) is 132 cm³/mol. The van der Waals surface area contributed by atoms with Gasteiger partial charge in [-0.15, -0.1) is 0 Å². The summed E-state index contributed by atoms with van der Waals surface area (Å²) in [6.45, 7) is 0.575. The molecule has 0 spiro atoms. The molecule has 2 aliphatic rings. The van der Waals surface area contributed by atoms with Crippen molar-refractivity contribution in [3.05, 3.63) is 93.7 Å². The molecule has 3 aromatic rings. The third-order valence-corrected chi connectivity index (χ3v) is 7.46. The summed E-state index contributed by atoms with van der Waals surface area (Å²) in [5.41, 5.74) is 1.82. The average Bonchev–Trinajstić information content (AvgIpc) is 3.37. The normalized spacial score (nSPS) is 19.0. The third kappa shape index (κ3) is 4.36. The maximum Gasteiger partial charge on any atom is 0.316 e. The number of amides is 1. The van der Waals surface area contributed by atoms with Crippen molar-refractivity contribution in [3.8, 4) is 5.75 Å². The fourth-order valence-corrected chi connectivity index (χ4v) is 5.51. The number of benzene rings is 2. The second kappa shape index (κ2) is 9.66. The van der Waals surface area contributed by atoms with Crippen molar-refractivity contribution in [2.45, 2.75) is 56.9 Å². The Bertz CT molecular complexity index is 1250. The van der Waals surface area contributed by atoms with E-state index in [-0.39, 0.29) is 29.4 Å². The Labute approximate surface area is 205 Å². The molecule has 1 saturated carbocycles. The number of ether oxygens (including phenoxy) is 2. The van der Waals surface area contributed by atoms with Crippen LogP contribution in [-0.2, 0) is 29.7 Å². The lowest BCUT2D eigenvalue weighted by molar-refractivity contribution is -0.0295. The standard InChI is InChI=1S/C28H31N3O4/c1-30-23(34-2)18-31-22(17-28(15-9-10-16-28)21-13-7-4-8-14-21)29-26(32)25(24(31)27(30)33)35-19-20-11-5-3-6-12-20/h3-8,11-14,23H,9-10,15-19H2,1-2H3. The van der Waals surface area contributed by atoms with Gasteiger partial charge in [-0.3, -0.25) is 9.59 Å². The lowest BCUT2D eigenvalue weighted by atomic mass is 9.76. The van der Waals surface area contributed by atoms with Crippen LogP contribution in [0, 0.1) is 0 Å². The predicted octanol–water partition coefficient (Wildman–Crippen LogP) is 3.93. The fourth-order valence-electron chi connectivity index (χ4n) is 5.51. The molecule has 35 heavy (non-hydrogen) atoms. The Morgan fingerprint density at radius 2 is 1.66 bits per heavy atom. The molecule has 1 fully saturated rings. The van der Waals surface area contributed by atoms with Crippen molar-refractivity contribution >= 4 is 5.91 Å². The lowest BCUT2D eigenvalue weighted by Gasteiger charge is -2.37. The molecule has 7 nitrogen and oxygen atoms in total. The minimum absolute atomic E-state index is 0.00388. The zero-order valence-electron chi connectivity index (χ0n) is 20.3. The first-order valence-corrected chi connectivity index (χ1v) is 12.2. The Morgan fingerprint density at radius 3 is 2.31 bits per heavy atom. The quantitative estimate of drug-likeness (QED) is 0.520. The molecule has 1 atom stereocenters. The van der Waals surface area contributed by atoms with Crippen LogP contribution in [0.15, 0.2) is 65.5 Å². The molecule has 1 amide bonds. The smallest absolute Gasteiger partial charge is 0.316 e. The van der Waals surface area contributed by atoms with E-state index in [4.69, 9.17) is 9.47 Å². The van der Waals surface area contributed by atoms with Gasteiger partial charge in [-0.05, 0) is 24.0 Å². The summed E-state index contributed by atoms with van der Waals surface area (Å²) < 4.78 is 13.4. The van der Waals surface area contributed by atoms with Crippen LogP contribution >= 0.6 is 0 Å². The number of rotatable bonds is 7. The number of carbonyl (C=O) groups is 1. The Balaban J connectivity index is 1.59. The summed E-state index contributed by atoms with van der Waals surface area (Å²) in [5.74, 6) is 0.322. The van der Waals surface area contributed by atoms with Crippen molar-refractivity contribution in [1.82, 2.24) is 14.5 Å². The van der Waals surface area contributed by atoms with E-state index in [2.05, 4.69) is 29.2 Å². The Morgan fingerprint density at radius 1 is 1.00 bits per heavy atom. The van der Waals surface area contributed by atoms with E-state index in [0.29, 0.717) is 18.8 Å². The minimum Gasteiger partial charge on any atom is -0.481 e. The van der Waals surface area contributed by atoms with E-state index in [1.54, 1.807) is 14.2 Å². The number of aromatic nitrogens is 2. The van der Waals surface area contributed by atoms with Gasteiger partial charge < -0.3 is 18.9 Å². The van der Waals surface area contributed by atoms with Gasteiger partial charge in [0.15, 0.2) is 5.69 Å². The number of hydrogen-bond donors (Lipinski definition) is 0. The summed E-state index contributed by atoms with van der Waals surface area (Å²) in [5, 5.41) is 0.